The van der Waals surface area contributed by atoms with Crippen LogP contribution in [0.5, 0.6) is 0 Å². The third-order valence-corrected chi connectivity index (χ3v) is 5.68. The number of allylic oxidation sites excluding steroid dienone is 2. The minimum atomic E-state index is 0. The average Bonchev–Trinajstić information content (AvgIpc) is 3.14. The second-order valence-electron chi connectivity index (χ2n) is 7.30. The van der Waals surface area contributed by atoms with Crippen LogP contribution < -0.4 is 24.8 Å². The second-order valence-corrected chi connectivity index (χ2v) is 7.30. The van der Waals surface area contributed by atoms with Crippen LogP contribution in [0.15, 0.2) is 24.3 Å². The van der Waals surface area contributed by atoms with Crippen LogP contribution in [-0.4, -0.2) is 0 Å². The van der Waals surface area contributed by atoms with Crippen LogP contribution in [-0.2, 0) is 39.0 Å². The largest absolute Gasteiger partial charge is 4.00 e. The molecule has 0 amide bonds. The van der Waals surface area contributed by atoms with E-state index < -0.39 is 0 Å². The van der Waals surface area contributed by atoms with Gasteiger partial charge in [0.15, 0.2) is 0 Å². The quantitative estimate of drug-likeness (QED) is 0.548. The number of hydrogen-bond acceptors (Lipinski definition) is 0. The summed E-state index contributed by atoms with van der Waals surface area (Å²) in [7, 11) is 0. The molecule has 27 heavy (non-hydrogen) atoms. The maximum Gasteiger partial charge on any atom is 4.00 e. The van der Waals surface area contributed by atoms with Crippen LogP contribution >= 0.6 is 0 Å². The summed E-state index contributed by atoms with van der Waals surface area (Å²) in [5.41, 5.74) is 11.5. The van der Waals surface area contributed by atoms with Crippen molar-refractivity contribution in [2.75, 3.05) is 0 Å². The number of hydrogen-bond donors (Lipinski definition) is 0. The summed E-state index contributed by atoms with van der Waals surface area (Å²) in [5, 5.41) is 0. The predicted octanol–water partition coefficient (Wildman–Crippen LogP) is -0.0389. The molecule has 2 aliphatic rings. The van der Waals surface area contributed by atoms with Crippen LogP contribution in [0.4, 0.5) is 0 Å². The first-order valence-electron chi connectivity index (χ1n) is 8.99. The molecule has 0 heterocycles. The molecule has 138 valence electrons. The molecule has 2 atom stereocenters. The minimum Gasteiger partial charge on any atom is -1.00 e. The van der Waals surface area contributed by atoms with Gasteiger partial charge in [-0.05, 0) is 26.7 Å². The number of benzene rings is 2. The van der Waals surface area contributed by atoms with Gasteiger partial charge in [0, 0.05) is 0 Å². The Morgan fingerprint density at radius 2 is 1.07 bits per heavy atom. The molecule has 0 unspecified atom stereocenters. The van der Waals surface area contributed by atoms with Crippen molar-refractivity contribution in [1.82, 2.24) is 0 Å². The number of halogens is 2. The molecular formula is C24H24Cl2Zr. The van der Waals surface area contributed by atoms with Gasteiger partial charge in [-0.3, -0.25) is 12.2 Å². The van der Waals surface area contributed by atoms with Gasteiger partial charge < -0.3 is 24.8 Å². The van der Waals surface area contributed by atoms with E-state index >= 15 is 0 Å². The molecule has 0 saturated carbocycles. The number of rotatable bonds is 3. The van der Waals surface area contributed by atoms with E-state index in [0.717, 1.165) is 12.8 Å². The maximum absolute atomic E-state index is 3.48. The summed E-state index contributed by atoms with van der Waals surface area (Å²) < 4.78 is 0. The van der Waals surface area contributed by atoms with Crippen LogP contribution in [0.2, 0.25) is 0 Å². The normalized spacial score (nSPS) is 18.2. The van der Waals surface area contributed by atoms with Crippen molar-refractivity contribution in [1.29, 1.82) is 0 Å². The van der Waals surface area contributed by atoms with Gasteiger partial charge in [-0.15, -0.1) is 22.3 Å². The first-order valence-corrected chi connectivity index (χ1v) is 8.99. The van der Waals surface area contributed by atoms with E-state index in [9.17, 15) is 0 Å². The third kappa shape index (κ3) is 4.37. The Labute approximate surface area is 195 Å². The zero-order chi connectivity index (χ0) is 16.8. The van der Waals surface area contributed by atoms with E-state index in [0.29, 0.717) is 11.8 Å². The summed E-state index contributed by atoms with van der Waals surface area (Å²) in [6.45, 7) is 8.92. The fourth-order valence-corrected chi connectivity index (χ4v) is 4.36. The molecule has 2 aromatic carbocycles. The minimum absolute atomic E-state index is 0. The Kier molecular flexibility index (Phi) is 8.80. The van der Waals surface area contributed by atoms with Gasteiger partial charge in [-0.25, -0.2) is 12.2 Å². The molecule has 2 aromatic rings. The van der Waals surface area contributed by atoms with Crippen LogP contribution in [0.1, 0.15) is 70.2 Å². The summed E-state index contributed by atoms with van der Waals surface area (Å²) >= 11 is 0. The topological polar surface area (TPSA) is 0 Å². The van der Waals surface area contributed by atoms with Crippen molar-refractivity contribution in [2.24, 2.45) is 0 Å². The monoisotopic (exact) mass is 472 g/mol. The predicted molar refractivity (Wildman–Crippen MR) is 102 cm³/mol. The molecule has 0 spiro atoms. The molecule has 2 aliphatic carbocycles. The first-order chi connectivity index (χ1) is 11.6. The fraction of sp³-hybridized carbons (Fsp3) is 0.333. The molecular weight excluding hydrogens is 450 g/mol. The van der Waals surface area contributed by atoms with Gasteiger partial charge in [-0.1, -0.05) is 61.1 Å². The Morgan fingerprint density at radius 1 is 0.704 bits per heavy atom. The van der Waals surface area contributed by atoms with Crippen molar-refractivity contribution in [3.8, 4) is 0 Å². The van der Waals surface area contributed by atoms with Crippen molar-refractivity contribution in [2.45, 2.75) is 52.4 Å². The van der Waals surface area contributed by atoms with E-state index in [4.69, 9.17) is 0 Å². The molecule has 0 radical (unpaired) electrons. The Morgan fingerprint density at radius 3 is 1.44 bits per heavy atom. The first kappa shape index (κ1) is 24.4. The molecule has 0 aliphatic heterocycles. The maximum atomic E-state index is 3.48. The van der Waals surface area contributed by atoms with Crippen molar-refractivity contribution >= 4 is 12.2 Å². The third-order valence-electron chi connectivity index (χ3n) is 5.68. The van der Waals surface area contributed by atoms with E-state index in [-0.39, 0.29) is 51.0 Å². The van der Waals surface area contributed by atoms with Gasteiger partial charge in [0.05, 0.1) is 0 Å². The summed E-state index contributed by atoms with van der Waals surface area (Å²) in [4.78, 5) is 0. The van der Waals surface area contributed by atoms with Gasteiger partial charge in [0.25, 0.3) is 0 Å². The number of aryl methyl sites for hydroxylation is 4. The van der Waals surface area contributed by atoms with E-state index in [1.807, 2.05) is 0 Å². The Balaban J connectivity index is 0.00000121. The molecule has 0 saturated heterocycles. The molecule has 0 N–H and O–H groups in total. The number of fused-ring (bicyclic) bond motifs is 2. The fourth-order valence-electron chi connectivity index (χ4n) is 4.36. The van der Waals surface area contributed by atoms with Gasteiger partial charge in [0.1, 0.15) is 0 Å². The van der Waals surface area contributed by atoms with Gasteiger partial charge in [-0.2, -0.15) is 11.1 Å². The molecule has 4 rings (SSSR count). The van der Waals surface area contributed by atoms with E-state index in [1.54, 1.807) is 0 Å². The van der Waals surface area contributed by atoms with Crippen LogP contribution in [0.3, 0.4) is 0 Å². The van der Waals surface area contributed by atoms with Crippen LogP contribution in [0, 0.1) is 26.0 Å². The molecule has 0 aromatic heterocycles. The van der Waals surface area contributed by atoms with Gasteiger partial charge in [0.2, 0.25) is 0 Å². The molecule has 0 nitrogen and oxygen atoms in total. The van der Waals surface area contributed by atoms with Crippen LogP contribution in [0.25, 0.3) is 12.2 Å². The molecule has 0 bridgehead atoms. The van der Waals surface area contributed by atoms with Crippen molar-refractivity contribution in [3.05, 3.63) is 80.9 Å². The molecule has 3 heteroatoms. The smallest absolute Gasteiger partial charge is 1.00 e. The van der Waals surface area contributed by atoms with Gasteiger partial charge >= 0.3 is 26.2 Å². The van der Waals surface area contributed by atoms with E-state index in [1.165, 1.54) is 44.5 Å². The standard InChI is InChI=1S/C24H24.2ClH.Zr/c1-15-5-9-19(21-13-7-17(3)23(15)21)11-12-20-10-6-16(2)24-18(4)8-14-22(20)24;;;/h5-6,9-10,13-14,17-18H,11-12H2,1-4H3;2*1H;/q-2;;;+4/p-2/t17-,18+;;;. The Bertz CT molecular complexity index is 807. The zero-order valence-corrected chi connectivity index (χ0v) is 20.3. The summed E-state index contributed by atoms with van der Waals surface area (Å²) in [6.07, 6.45) is 13.5. The summed E-state index contributed by atoms with van der Waals surface area (Å²) in [5.74, 6) is 0.865. The SMILES string of the molecule is Cc1ccc(CCc2ccc(C)c3c2C=[C-][C@@H]3C)c2c1[C@H](C)[C-]=C2.[Cl-].[Cl-].[Zr+4]. The van der Waals surface area contributed by atoms with Crippen molar-refractivity contribution < 1.29 is 51.0 Å². The average molecular weight is 475 g/mol. The van der Waals surface area contributed by atoms with E-state index in [2.05, 4.69) is 76.3 Å². The van der Waals surface area contributed by atoms with Crippen molar-refractivity contribution in [3.63, 3.8) is 0 Å². The Hall–Kier alpha value is -0.617. The zero-order valence-electron chi connectivity index (χ0n) is 16.3. The second kappa shape index (κ2) is 9.73. The molecule has 0 fully saturated rings. The summed E-state index contributed by atoms with van der Waals surface area (Å²) in [6, 6.07) is 9.18.